The van der Waals surface area contributed by atoms with Crippen LogP contribution in [-0.2, 0) is 14.3 Å². The minimum Gasteiger partial charge on any atom is -0.466 e. The minimum atomic E-state index is -0.333. The molecular weight excluding hydrogens is 242 g/mol. The van der Waals surface area contributed by atoms with Gasteiger partial charge in [-0.25, -0.2) is 0 Å². The number of rotatable bonds is 6. The van der Waals surface area contributed by atoms with Gasteiger partial charge in [-0.2, -0.15) is 0 Å². The van der Waals surface area contributed by atoms with Crippen molar-refractivity contribution in [3.63, 3.8) is 0 Å². The van der Waals surface area contributed by atoms with Crippen molar-refractivity contribution in [2.75, 3.05) is 6.61 Å². The van der Waals surface area contributed by atoms with E-state index in [0.29, 0.717) is 6.61 Å². The second-order valence-corrected chi connectivity index (χ2v) is 4.50. The Labute approximate surface area is 114 Å². The molecule has 0 aliphatic rings. The molecule has 0 fully saturated rings. The minimum absolute atomic E-state index is 0.0599. The van der Waals surface area contributed by atoms with Gasteiger partial charge in [0.1, 0.15) is 0 Å². The van der Waals surface area contributed by atoms with Gasteiger partial charge in [-0.3, -0.25) is 9.59 Å². The SMILES string of the molecule is CCOC(=O)CCC(=O)N[C@H](C)c1ccc(C)cc1. The lowest BCUT2D eigenvalue weighted by Gasteiger charge is -2.14. The molecule has 104 valence electrons. The first kappa shape index (κ1) is 15.2. The molecule has 0 unspecified atom stereocenters. The lowest BCUT2D eigenvalue weighted by molar-refractivity contribution is -0.144. The number of ether oxygens (including phenoxy) is 1. The summed E-state index contributed by atoms with van der Waals surface area (Å²) in [7, 11) is 0. The summed E-state index contributed by atoms with van der Waals surface area (Å²) in [5.41, 5.74) is 2.24. The van der Waals surface area contributed by atoms with E-state index in [1.807, 2.05) is 38.1 Å². The van der Waals surface area contributed by atoms with E-state index in [0.717, 1.165) is 5.56 Å². The fraction of sp³-hybridized carbons (Fsp3) is 0.467. The summed E-state index contributed by atoms with van der Waals surface area (Å²) in [6.45, 7) is 6.04. The molecule has 19 heavy (non-hydrogen) atoms. The van der Waals surface area contributed by atoms with Crippen molar-refractivity contribution in [3.05, 3.63) is 35.4 Å². The molecule has 4 nitrogen and oxygen atoms in total. The Morgan fingerprint density at radius 1 is 1.21 bits per heavy atom. The number of aryl methyl sites for hydroxylation is 1. The van der Waals surface area contributed by atoms with E-state index in [2.05, 4.69) is 5.32 Å². The standard InChI is InChI=1S/C15H21NO3/c1-4-19-15(18)10-9-14(17)16-12(3)13-7-5-11(2)6-8-13/h5-8,12H,4,9-10H2,1-3H3,(H,16,17)/t12-/m1/s1. The number of benzene rings is 1. The summed E-state index contributed by atoms with van der Waals surface area (Å²) < 4.78 is 4.78. The van der Waals surface area contributed by atoms with Gasteiger partial charge < -0.3 is 10.1 Å². The molecule has 0 saturated heterocycles. The second kappa shape index (κ2) is 7.56. The summed E-state index contributed by atoms with van der Waals surface area (Å²) >= 11 is 0. The van der Waals surface area contributed by atoms with Gasteiger partial charge >= 0.3 is 5.97 Å². The molecule has 4 heteroatoms. The van der Waals surface area contributed by atoms with E-state index < -0.39 is 0 Å². The molecule has 0 heterocycles. The highest BCUT2D eigenvalue weighted by atomic mass is 16.5. The van der Waals surface area contributed by atoms with E-state index >= 15 is 0 Å². The van der Waals surface area contributed by atoms with Crippen LogP contribution in [0.15, 0.2) is 24.3 Å². The molecule has 1 aromatic rings. The molecule has 1 atom stereocenters. The highest BCUT2D eigenvalue weighted by Crippen LogP contribution is 2.13. The predicted molar refractivity (Wildman–Crippen MR) is 73.6 cm³/mol. The van der Waals surface area contributed by atoms with Crippen LogP contribution in [0.2, 0.25) is 0 Å². The summed E-state index contributed by atoms with van der Waals surface area (Å²) in [5, 5.41) is 2.87. The molecular formula is C15H21NO3. The van der Waals surface area contributed by atoms with Gasteiger partial charge in [0.25, 0.3) is 0 Å². The van der Waals surface area contributed by atoms with Crippen molar-refractivity contribution < 1.29 is 14.3 Å². The second-order valence-electron chi connectivity index (χ2n) is 4.50. The Morgan fingerprint density at radius 2 is 1.84 bits per heavy atom. The number of amides is 1. The summed E-state index contributed by atoms with van der Waals surface area (Å²) in [4.78, 5) is 22.8. The third-order valence-corrected chi connectivity index (χ3v) is 2.82. The van der Waals surface area contributed by atoms with Crippen LogP contribution in [0.5, 0.6) is 0 Å². The first-order valence-electron chi connectivity index (χ1n) is 6.54. The van der Waals surface area contributed by atoms with E-state index in [1.165, 1.54) is 5.56 Å². The van der Waals surface area contributed by atoms with Crippen LogP contribution >= 0.6 is 0 Å². The average molecular weight is 263 g/mol. The summed E-state index contributed by atoms with van der Waals surface area (Å²) in [6, 6.07) is 7.94. The van der Waals surface area contributed by atoms with Crippen molar-refractivity contribution in [2.45, 2.75) is 39.7 Å². The third-order valence-electron chi connectivity index (χ3n) is 2.82. The van der Waals surface area contributed by atoms with Crippen molar-refractivity contribution in [1.82, 2.24) is 5.32 Å². The highest BCUT2D eigenvalue weighted by molar-refractivity contribution is 5.81. The molecule has 0 saturated carbocycles. The summed E-state index contributed by atoms with van der Waals surface area (Å²) in [6.07, 6.45) is 0.287. The van der Waals surface area contributed by atoms with Crippen LogP contribution in [0.3, 0.4) is 0 Å². The zero-order chi connectivity index (χ0) is 14.3. The van der Waals surface area contributed by atoms with Crippen LogP contribution in [-0.4, -0.2) is 18.5 Å². The normalized spacial score (nSPS) is 11.7. The van der Waals surface area contributed by atoms with Gasteiger partial charge in [-0.15, -0.1) is 0 Å². The molecule has 1 amide bonds. The Balaban J connectivity index is 2.39. The van der Waals surface area contributed by atoms with Crippen LogP contribution in [0.25, 0.3) is 0 Å². The Hall–Kier alpha value is -1.84. The molecule has 0 aliphatic carbocycles. The summed E-state index contributed by atoms with van der Waals surface area (Å²) in [5.74, 6) is -0.471. The Morgan fingerprint density at radius 3 is 2.42 bits per heavy atom. The smallest absolute Gasteiger partial charge is 0.306 e. The van der Waals surface area contributed by atoms with Gasteiger partial charge in [0.05, 0.1) is 19.1 Å². The maximum Gasteiger partial charge on any atom is 0.306 e. The third kappa shape index (κ3) is 5.55. The number of hydrogen-bond acceptors (Lipinski definition) is 3. The zero-order valence-corrected chi connectivity index (χ0v) is 11.7. The number of carbonyl (C=O) groups excluding carboxylic acids is 2. The molecule has 0 aromatic heterocycles. The van der Waals surface area contributed by atoms with Gasteiger partial charge in [-0.05, 0) is 26.3 Å². The number of esters is 1. The van der Waals surface area contributed by atoms with E-state index in [-0.39, 0.29) is 30.8 Å². The maximum atomic E-state index is 11.7. The van der Waals surface area contributed by atoms with Crippen LogP contribution in [0.1, 0.15) is 43.9 Å². The predicted octanol–water partition coefficient (Wildman–Crippen LogP) is 2.52. The van der Waals surface area contributed by atoms with Gasteiger partial charge in [0.15, 0.2) is 0 Å². The quantitative estimate of drug-likeness (QED) is 0.802. The fourth-order valence-electron chi connectivity index (χ4n) is 1.70. The topological polar surface area (TPSA) is 55.4 Å². The molecule has 1 aromatic carbocycles. The molecule has 0 spiro atoms. The van der Waals surface area contributed by atoms with E-state index in [4.69, 9.17) is 4.74 Å². The van der Waals surface area contributed by atoms with E-state index in [9.17, 15) is 9.59 Å². The Kier molecular flexibility index (Phi) is 6.06. The van der Waals surface area contributed by atoms with E-state index in [1.54, 1.807) is 6.92 Å². The molecule has 0 aliphatic heterocycles. The largest absolute Gasteiger partial charge is 0.466 e. The van der Waals surface area contributed by atoms with Crippen molar-refractivity contribution in [2.24, 2.45) is 0 Å². The monoisotopic (exact) mass is 263 g/mol. The highest BCUT2D eigenvalue weighted by Gasteiger charge is 2.11. The molecule has 1 rings (SSSR count). The van der Waals surface area contributed by atoms with Crippen LogP contribution in [0.4, 0.5) is 0 Å². The first-order valence-corrected chi connectivity index (χ1v) is 6.54. The van der Waals surface area contributed by atoms with Crippen LogP contribution in [0, 0.1) is 6.92 Å². The molecule has 0 radical (unpaired) electrons. The van der Waals surface area contributed by atoms with Crippen molar-refractivity contribution in [1.29, 1.82) is 0 Å². The Bertz CT molecular complexity index is 426. The molecule has 0 bridgehead atoms. The number of carbonyl (C=O) groups is 2. The number of hydrogen-bond donors (Lipinski definition) is 1. The maximum absolute atomic E-state index is 11.7. The van der Waals surface area contributed by atoms with Gasteiger partial charge in [0, 0.05) is 6.42 Å². The van der Waals surface area contributed by atoms with Gasteiger partial charge in [-0.1, -0.05) is 29.8 Å². The lowest BCUT2D eigenvalue weighted by atomic mass is 10.1. The first-order chi connectivity index (χ1) is 9.02. The van der Waals surface area contributed by atoms with Crippen molar-refractivity contribution in [3.8, 4) is 0 Å². The van der Waals surface area contributed by atoms with Crippen LogP contribution < -0.4 is 5.32 Å². The fourth-order valence-corrected chi connectivity index (χ4v) is 1.70. The average Bonchev–Trinajstić information content (AvgIpc) is 2.37. The van der Waals surface area contributed by atoms with Crippen molar-refractivity contribution >= 4 is 11.9 Å². The number of nitrogens with one attached hydrogen (secondary N) is 1. The molecule has 1 N–H and O–H groups in total. The van der Waals surface area contributed by atoms with Gasteiger partial charge in [0.2, 0.25) is 5.91 Å². The lowest BCUT2D eigenvalue weighted by Crippen LogP contribution is -2.27. The zero-order valence-electron chi connectivity index (χ0n) is 11.7.